The fraction of sp³-hybridized carbons (Fsp3) is 0.867. The fourth-order valence-corrected chi connectivity index (χ4v) is 3.87. The van der Waals surface area contributed by atoms with Crippen molar-refractivity contribution in [2.24, 2.45) is 0 Å². The van der Waals surface area contributed by atoms with E-state index in [9.17, 15) is 0 Å². The van der Waals surface area contributed by atoms with E-state index in [0.717, 1.165) is 13.1 Å². The van der Waals surface area contributed by atoms with Gasteiger partial charge >= 0.3 is 0 Å². The van der Waals surface area contributed by atoms with Crippen molar-refractivity contribution in [3.05, 3.63) is 11.8 Å². The first-order valence-corrected chi connectivity index (χ1v) is 7.70. The summed E-state index contributed by atoms with van der Waals surface area (Å²) in [6, 6.07) is 0. The Bertz CT molecular complexity index is 359. The molecule has 2 aliphatic heterocycles. The minimum atomic E-state index is -0.221. The maximum absolute atomic E-state index is 6.78. The van der Waals surface area contributed by atoms with Crippen LogP contribution in [0.5, 0.6) is 0 Å². The van der Waals surface area contributed by atoms with Gasteiger partial charge in [0, 0.05) is 18.8 Å². The summed E-state index contributed by atoms with van der Waals surface area (Å²) in [6.07, 6.45) is 6.17. The number of piperidine rings is 1. The van der Waals surface area contributed by atoms with Crippen molar-refractivity contribution < 1.29 is 4.84 Å². The van der Waals surface area contributed by atoms with Crippen LogP contribution in [0.2, 0.25) is 0 Å². The van der Waals surface area contributed by atoms with Crippen LogP contribution in [-0.4, -0.2) is 46.6 Å². The van der Waals surface area contributed by atoms with Crippen LogP contribution in [0.15, 0.2) is 11.8 Å². The largest absolute Gasteiger partial charge is 0.374 e. The highest BCUT2D eigenvalue weighted by molar-refractivity contribution is 6.23. The van der Waals surface area contributed by atoms with Crippen molar-refractivity contribution in [2.45, 2.75) is 63.4 Å². The lowest BCUT2D eigenvalue weighted by molar-refractivity contribution is -0.239. The van der Waals surface area contributed by atoms with Gasteiger partial charge in [-0.15, -0.1) is 11.6 Å². The summed E-state index contributed by atoms with van der Waals surface area (Å²) in [5.74, 6) is 0. The van der Waals surface area contributed by atoms with Crippen molar-refractivity contribution >= 4 is 11.6 Å². The molecule has 0 radical (unpaired) electrons. The molecule has 0 N–H and O–H groups in total. The van der Waals surface area contributed by atoms with Crippen LogP contribution in [0.1, 0.15) is 47.0 Å². The lowest BCUT2D eigenvalue weighted by Crippen LogP contribution is -2.63. The summed E-state index contributed by atoms with van der Waals surface area (Å²) >= 11 is 6.78. The molecule has 0 aliphatic carbocycles. The molecule has 2 rings (SSSR count). The second-order valence-electron chi connectivity index (χ2n) is 6.76. The van der Waals surface area contributed by atoms with Crippen LogP contribution in [0.4, 0.5) is 0 Å². The SMILES string of the molecule is CON1C(C)(C)C=C(N2CCCCC2)C(Cl)C1(C)C. The molecule has 1 atom stereocenters. The summed E-state index contributed by atoms with van der Waals surface area (Å²) < 4.78 is 0. The van der Waals surface area contributed by atoms with E-state index in [1.54, 1.807) is 7.11 Å². The summed E-state index contributed by atoms with van der Waals surface area (Å²) in [5, 5.41) is 1.98. The first kappa shape index (κ1) is 15.1. The lowest BCUT2D eigenvalue weighted by atomic mass is 9.84. The molecule has 1 unspecified atom stereocenters. The van der Waals surface area contributed by atoms with Crippen LogP contribution in [0.25, 0.3) is 0 Å². The van der Waals surface area contributed by atoms with Gasteiger partial charge in [0.1, 0.15) is 0 Å². The van der Waals surface area contributed by atoms with Crippen molar-refractivity contribution in [1.29, 1.82) is 0 Å². The normalized spacial score (nSPS) is 31.2. The molecule has 2 aliphatic rings. The molecule has 1 fully saturated rings. The van der Waals surface area contributed by atoms with Gasteiger partial charge in [0.05, 0.1) is 23.6 Å². The van der Waals surface area contributed by atoms with Crippen molar-refractivity contribution in [2.75, 3.05) is 20.2 Å². The van der Waals surface area contributed by atoms with Gasteiger partial charge < -0.3 is 9.74 Å². The predicted octanol–water partition coefficient (Wildman–Crippen LogP) is 3.40. The minimum Gasteiger partial charge on any atom is -0.374 e. The van der Waals surface area contributed by atoms with E-state index in [-0.39, 0.29) is 16.5 Å². The predicted molar refractivity (Wildman–Crippen MR) is 80.2 cm³/mol. The third kappa shape index (κ3) is 2.65. The number of halogens is 1. The number of rotatable bonds is 2. The number of alkyl halides is 1. The van der Waals surface area contributed by atoms with Crippen LogP contribution in [0, 0.1) is 0 Å². The Labute approximate surface area is 122 Å². The minimum absolute atomic E-state index is 0.0430. The topological polar surface area (TPSA) is 15.7 Å². The van der Waals surface area contributed by atoms with Gasteiger partial charge in [-0.05, 0) is 53.0 Å². The first-order valence-electron chi connectivity index (χ1n) is 7.27. The highest BCUT2D eigenvalue weighted by Gasteiger charge is 2.49. The molecule has 0 aromatic rings. The van der Waals surface area contributed by atoms with Gasteiger partial charge in [-0.1, -0.05) is 0 Å². The average molecular weight is 287 g/mol. The summed E-state index contributed by atoms with van der Waals surface area (Å²) in [7, 11) is 1.73. The molecule has 0 aromatic heterocycles. The molecule has 3 nitrogen and oxygen atoms in total. The zero-order valence-electron chi connectivity index (χ0n) is 12.9. The second-order valence-corrected chi connectivity index (χ2v) is 7.20. The molecular formula is C15H27ClN2O. The standard InChI is InChI=1S/C15H27ClN2O/c1-14(2)11-12(17-9-7-6-8-10-17)13(16)15(3,4)18(14)19-5/h11,13H,6-10H2,1-5H3. The van der Waals surface area contributed by atoms with E-state index in [1.807, 2.05) is 5.06 Å². The number of hydroxylamine groups is 2. The average Bonchev–Trinajstić information content (AvgIpc) is 2.35. The third-order valence-corrected chi connectivity index (χ3v) is 5.09. The van der Waals surface area contributed by atoms with E-state index in [0.29, 0.717) is 0 Å². The number of nitrogens with zero attached hydrogens (tertiary/aromatic N) is 2. The number of likely N-dealkylation sites (tertiary alicyclic amines) is 1. The highest BCUT2D eigenvalue weighted by Crippen LogP contribution is 2.41. The van der Waals surface area contributed by atoms with Crippen LogP contribution in [0.3, 0.4) is 0 Å². The van der Waals surface area contributed by atoms with Crippen molar-refractivity contribution in [3.8, 4) is 0 Å². The van der Waals surface area contributed by atoms with Crippen LogP contribution < -0.4 is 0 Å². The van der Waals surface area contributed by atoms with E-state index < -0.39 is 0 Å². The molecule has 0 saturated carbocycles. The Morgan fingerprint density at radius 3 is 2.26 bits per heavy atom. The number of hydrogen-bond acceptors (Lipinski definition) is 3. The van der Waals surface area contributed by atoms with Crippen molar-refractivity contribution in [3.63, 3.8) is 0 Å². The Morgan fingerprint density at radius 1 is 1.16 bits per heavy atom. The van der Waals surface area contributed by atoms with E-state index in [4.69, 9.17) is 16.4 Å². The second kappa shape index (κ2) is 5.27. The summed E-state index contributed by atoms with van der Waals surface area (Å²) in [6.45, 7) is 11.0. The van der Waals surface area contributed by atoms with Gasteiger partial charge in [0.2, 0.25) is 0 Å². The monoisotopic (exact) mass is 286 g/mol. The molecule has 19 heavy (non-hydrogen) atoms. The van der Waals surface area contributed by atoms with Gasteiger partial charge in [0.15, 0.2) is 0 Å². The maximum atomic E-state index is 6.78. The molecule has 0 spiro atoms. The van der Waals surface area contributed by atoms with Gasteiger partial charge in [0.25, 0.3) is 0 Å². The Hall–Kier alpha value is -0.250. The Kier molecular flexibility index (Phi) is 4.20. The molecule has 110 valence electrons. The molecule has 4 heteroatoms. The molecule has 0 amide bonds. The molecule has 0 bridgehead atoms. The van der Waals surface area contributed by atoms with Gasteiger partial charge in [-0.3, -0.25) is 0 Å². The smallest absolute Gasteiger partial charge is 0.0932 e. The molecular weight excluding hydrogens is 260 g/mol. The number of hydrogen-bond donors (Lipinski definition) is 0. The molecule has 0 aromatic carbocycles. The van der Waals surface area contributed by atoms with E-state index in [1.165, 1.54) is 25.0 Å². The Morgan fingerprint density at radius 2 is 1.74 bits per heavy atom. The van der Waals surface area contributed by atoms with E-state index in [2.05, 4.69) is 38.7 Å². The van der Waals surface area contributed by atoms with Crippen LogP contribution >= 0.6 is 11.6 Å². The summed E-state index contributed by atoms with van der Waals surface area (Å²) in [5.41, 5.74) is 0.919. The van der Waals surface area contributed by atoms with Crippen molar-refractivity contribution in [1.82, 2.24) is 9.96 Å². The third-order valence-electron chi connectivity index (χ3n) is 4.33. The Balaban J connectivity index is 2.35. The zero-order chi connectivity index (χ0) is 14.3. The molecule has 1 saturated heterocycles. The molecule has 2 heterocycles. The quantitative estimate of drug-likeness (QED) is 0.724. The maximum Gasteiger partial charge on any atom is 0.0932 e. The van der Waals surface area contributed by atoms with Gasteiger partial charge in [-0.2, -0.15) is 5.06 Å². The zero-order valence-corrected chi connectivity index (χ0v) is 13.6. The first-order chi connectivity index (χ1) is 8.80. The van der Waals surface area contributed by atoms with E-state index >= 15 is 0 Å². The van der Waals surface area contributed by atoms with Crippen LogP contribution in [-0.2, 0) is 4.84 Å². The highest BCUT2D eigenvalue weighted by atomic mass is 35.5. The fourth-order valence-electron chi connectivity index (χ4n) is 3.58. The van der Waals surface area contributed by atoms with Gasteiger partial charge in [-0.25, -0.2) is 0 Å². The summed E-state index contributed by atoms with van der Waals surface area (Å²) in [4.78, 5) is 8.08. The lowest BCUT2D eigenvalue weighted by Gasteiger charge is -2.53.